The number of halogens is 2. The van der Waals surface area contributed by atoms with Gasteiger partial charge < -0.3 is 19.5 Å². The maximum Gasteiger partial charge on any atom is 0.357 e. The number of carbonyl (C=O) groups excluding carboxylic acids is 2. The molecular weight excluding hydrogens is 518 g/mol. The number of nitrogens with zero attached hydrogens (tertiary/aromatic N) is 2. The summed E-state index contributed by atoms with van der Waals surface area (Å²) in [6, 6.07) is 12.9. The molecule has 9 heteroatoms. The third-order valence-corrected chi connectivity index (χ3v) is 11.8. The van der Waals surface area contributed by atoms with E-state index in [1.54, 1.807) is 18.2 Å². The normalized spacial score (nSPS) is 23.4. The van der Waals surface area contributed by atoms with Crippen LogP contribution in [0.5, 0.6) is 0 Å². The molecule has 3 heterocycles. The molecule has 0 amide bonds. The fourth-order valence-electron chi connectivity index (χ4n) is 6.08. The van der Waals surface area contributed by atoms with Crippen molar-refractivity contribution in [2.24, 2.45) is 0 Å². The van der Waals surface area contributed by atoms with Gasteiger partial charge in [-0.25, -0.2) is 18.2 Å². The number of anilines is 1. The number of carboxylic acid groups (broad SMARTS) is 1. The first-order valence-corrected chi connectivity index (χ1v) is 15.9. The van der Waals surface area contributed by atoms with Crippen LogP contribution in [0.1, 0.15) is 21.5 Å². The van der Waals surface area contributed by atoms with Crippen LogP contribution in [0.15, 0.2) is 71.5 Å². The third kappa shape index (κ3) is 3.90. The Hall–Kier alpha value is -3.85. The van der Waals surface area contributed by atoms with Crippen LogP contribution in [0.3, 0.4) is 0 Å². The molecule has 4 aliphatic rings. The molecule has 0 N–H and O–H groups in total. The Labute approximate surface area is 226 Å². The van der Waals surface area contributed by atoms with Crippen LogP contribution < -0.4 is 15.2 Å². The lowest BCUT2D eigenvalue weighted by Crippen LogP contribution is -2.61. The van der Waals surface area contributed by atoms with Crippen molar-refractivity contribution in [2.75, 3.05) is 38.2 Å². The summed E-state index contributed by atoms with van der Waals surface area (Å²) in [5.74, 6) is -2.13. The summed E-state index contributed by atoms with van der Waals surface area (Å²) >= 11 is 0. The minimum Gasteiger partial charge on any atom is -0.545 e. The predicted octanol–water partition coefficient (Wildman–Crippen LogP) is 2.32. The van der Waals surface area contributed by atoms with E-state index in [0.717, 1.165) is 38.5 Å². The molecule has 6 rings (SSSR count). The molecular formula is C30H28F2N2O4Si. The molecule has 2 fully saturated rings. The number of ether oxygens (including phenoxy) is 1. The zero-order valence-corrected chi connectivity index (χ0v) is 23.0. The van der Waals surface area contributed by atoms with Gasteiger partial charge in [-0.15, -0.1) is 0 Å². The molecule has 0 aromatic heterocycles. The summed E-state index contributed by atoms with van der Waals surface area (Å²) < 4.78 is 35.0. The predicted molar refractivity (Wildman–Crippen MR) is 146 cm³/mol. The van der Waals surface area contributed by atoms with Crippen LogP contribution >= 0.6 is 0 Å². The molecule has 0 radical (unpaired) electrons. The highest BCUT2D eigenvalue weighted by atomic mass is 28.3. The lowest BCUT2D eigenvalue weighted by Gasteiger charge is -2.41. The standard InChI is InChI=1S/C30H28F2N2O4Si/c1-38-29(37)30(32)16-34(17-30)20-9-11-24-26(13-20)39(2,3)25-12-19(33-14-18(31)15-33)8-10-23(25)27(24)21-6-4-5-7-22(21)28(35)36/h4-13,18H,14-17H2,1-3H3. The van der Waals surface area contributed by atoms with Crippen molar-refractivity contribution >= 4 is 42.2 Å². The molecule has 0 atom stereocenters. The number of hydrogen-bond acceptors (Lipinski definition) is 5. The Morgan fingerprint density at radius 3 is 2.49 bits per heavy atom. The summed E-state index contributed by atoms with van der Waals surface area (Å²) in [5.41, 5.74) is 3.06. The molecule has 200 valence electrons. The second-order valence-corrected chi connectivity index (χ2v) is 15.4. The summed E-state index contributed by atoms with van der Waals surface area (Å²) in [4.78, 5) is 26.0. The molecule has 2 aromatic rings. The van der Waals surface area contributed by atoms with E-state index in [9.17, 15) is 23.5 Å². The number of aromatic carboxylic acids is 1. The minimum absolute atomic E-state index is 0.0926. The van der Waals surface area contributed by atoms with Crippen molar-refractivity contribution in [3.05, 3.63) is 88.2 Å². The molecule has 6 nitrogen and oxygen atoms in total. The average molecular weight is 547 g/mol. The van der Waals surface area contributed by atoms with Gasteiger partial charge in [0.2, 0.25) is 0 Å². The van der Waals surface area contributed by atoms with E-state index >= 15 is 0 Å². The van der Waals surface area contributed by atoms with E-state index in [0.29, 0.717) is 18.7 Å². The Morgan fingerprint density at radius 1 is 1.10 bits per heavy atom. The van der Waals surface area contributed by atoms with Gasteiger partial charge in [0.1, 0.15) is 14.2 Å². The maximum atomic E-state index is 14.9. The SMILES string of the molecule is COC(=O)C1(F)C[N+](=C2C=CC3=C(c4ccccc4C(=O)[O-])c4ccc(N5CC(F)C5)cc4[Si](C)(C)C3=C2)C1. The first-order valence-electron chi connectivity index (χ1n) is 12.9. The van der Waals surface area contributed by atoms with Crippen molar-refractivity contribution < 1.29 is 32.8 Å². The molecule has 1 aliphatic carbocycles. The number of hydrogen-bond donors (Lipinski definition) is 0. The van der Waals surface area contributed by atoms with Gasteiger partial charge in [-0.05, 0) is 50.9 Å². The van der Waals surface area contributed by atoms with Gasteiger partial charge in [0.15, 0.2) is 18.8 Å². The van der Waals surface area contributed by atoms with Gasteiger partial charge in [0.05, 0.1) is 26.2 Å². The van der Waals surface area contributed by atoms with E-state index in [4.69, 9.17) is 0 Å². The van der Waals surface area contributed by atoms with Crippen LogP contribution in [0.4, 0.5) is 14.5 Å². The number of carboxylic acids is 1. The van der Waals surface area contributed by atoms with E-state index < -0.39 is 31.9 Å². The van der Waals surface area contributed by atoms with E-state index in [2.05, 4.69) is 30.0 Å². The molecule has 0 unspecified atom stereocenters. The molecule has 2 aromatic carbocycles. The molecule has 3 aliphatic heterocycles. The third-order valence-electron chi connectivity index (χ3n) is 8.31. The lowest BCUT2D eigenvalue weighted by molar-refractivity contribution is -0.614. The minimum atomic E-state index is -2.38. The Morgan fingerprint density at radius 2 is 1.82 bits per heavy atom. The summed E-state index contributed by atoms with van der Waals surface area (Å²) in [6.45, 7) is 4.99. The van der Waals surface area contributed by atoms with Crippen LogP contribution in [0.2, 0.25) is 13.1 Å². The van der Waals surface area contributed by atoms with E-state index in [-0.39, 0.29) is 18.7 Å². The lowest BCUT2D eigenvalue weighted by atomic mass is 9.87. The van der Waals surface area contributed by atoms with Crippen LogP contribution in [0, 0.1) is 0 Å². The topological polar surface area (TPSA) is 72.7 Å². The highest BCUT2D eigenvalue weighted by Crippen LogP contribution is 2.43. The number of esters is 1. The van der Waals surface area contributed by atoms with Gasteiger partial charge in [-0.2, -0.15) is 0 Å². The molecule has 0 bridgehead atoms. The number of alkyl halides is 2. The highest BCUT2D eigenvalue weighted by Gasteiger charge is 2.58. The number of methoxy groups -OCH3 is 1. The summed E-state index contributed by atoms with van der Waals surface area (Å²) in [6.07, 6.45) is 5.08. The second-order valence-electron chi connectivity index (χ2n) is 11.1. The fourth-order valence-corrected chi connectivity index (χ4v) is 9.15. The van der Waals surface area contributed by atoms with Crippen molar-refractivity contribution in [1.29, 1.82) is 0 Å². The summed E-state index contributed by atoms with van der Waals surface area (Å²) in [5, 5.41) is 14.3. The number of allylic oxidation sites excluding steroid dienone is 5. The molecule has 2 saturated heterocycles. The zero-order chi connectivity index (χ0) is 27.7. The van der Waals surface area contributed by atoms with Gasteiger partial charge in [-0.1, -0.05) is 43.4 Å². The fraction of sp³-hybridized carbons (Fsp3) is 0.300. The van der Waals surface area contributed by atoms with Gasteiger partial charge in [0.25, 0.3) is 0 Å². The van der Waals surface area contributed by atoms with Crippen molar-refractivity contribution in [1.82, 2.24) is 0 Å². The number of benzene rings is 2. The van der Waals surface area contributed by atoms with Gasteiger partial charge in [0, 0.05) is 23.4 Å². The van der Waals surface area contributed by atoms with Crippen LogP contribution in [-0.4, -0.2) is 75.4 Å². The molecule has 0 spiro atoms. The Kier molecular flexibility index (Phi) is 5.76. The first kappa shape index (κ1) is 25.4. The largest absolute Gasteiger partial charge is 0.545 e. The Balaban J connectivity index is 1.54. The second kappa shape index (κ2) is 8.84. The van der Waals surface area contributed by atoms with Crippen LogP contribution in [0.25, 0.3) is 5.57 Å². The van der Waals surface area contributed by atoms with Gasteiger partial charge >= 0.3 is 11.6 Å². The summed E-state index contributed by atoms with van der Waals surface area (Å²) in [7, 11) is -1.20. The van der Waals surface area contributed by atoms with Crippen molar-refractivity contribution in [2.45, 2.75) is 24.9 Å². The smallest absolute Gasteiger partial charge is 0.357 e. The maximum absolute atomic E-state index is 14.9. The van der Waals surface area contributed by atoms with Crippen molar-refractivity contribution in [3.8, 4) is 0 Å². The van der Waals surface area contributed by atoms with Crippen molar-refractivity contribution in [3.63, 3.8) is 0 Å². The monoisotopic (exact) mass is 546 g/mol. The van der Waals surface area contributed by atoms with E-state index in [1.807, 2.05) is 39.8 Å². The average Bonchev–Trinajstić information content (AvgIpc) is 2.89. The van der Waals surface area contributed by atoms with Gasteiger partial charge in [-0.3, -0.25) is 0 Å². The quantitative estimate of drug-likeness (QED) is 0.335. The van der Waals surface area contributed by atoms with E-state index in [1.165, 1.54) is 7.11 Å². The molecule has 39 heavy (non-hydrogen) atoms. The first-order chi connectivity index (χ1) is 18.5. The van der Waals surface area contributed by atoms with Crippen LogP contribution in [-0.2, 0) is 9.53 Å². The highest BCUT2D eigenvalue weighted by molar-refractivity contribution is 6.98. The number of rotatable bonds is 4. The molecule has 0 saturated carbocycles. The zero-order valence-electron chi connectivity index (χ0n) is 22.0. The number of carbonyl (C=O) groups is 2. The Bertz CT molecular complexity index is 1560. The number of fused-ring (bicyclic) bond motifs is 2.